The van der Waals surface area contributed by atoms with Crippen molar-refractivity contribution in [2.75, 3.05) is 0 Å². The minimum absolute atomic E-state index is 0.0737. The van der Waals surface area contributed by atoms with Crippen molar-refractivity contribution in [3.63, 3.8) is 0 Å². The predicted octanol–water partition coefficient (Wildman–Crippen LogP) is 2.64. The number of nitrogens with one attached hydrogen (secondary N) is 2. The highest BCUT2D eigenvalue weighted by Crippen LogP contribution is 2.19. The normalized spacial score (nSPS) is 13.8. The molecule has 0 atom stereocenters. The molecule has 1 aliphatic carbocycles. The van der Waals surface area contributed by atoms with Gasteiger partial charge in [-0.3, -0.25) is 4.79 Å². The Labute approximate surface area is 124 Å². The highest BCUT2D eigenvalue weighted by Gasteiger charge is 2.19. The number of H-pyrrole nitrogens is 1. The van der Waals surface area contributed by atoms with Gasteiger partial charge in [0.25, 0.3) is 5.91 Å². The molecule has 0 radical (unpaired) electrons. The fraction of sp³-hybridized carbons (Fsp3) is 0.333. The summed E-state index contributed by atoms with van der Waals surface area (Å²) in [6, 6.07) is 1.63. The number of amides is 1. The maximum atomic E-state index is 13.5. The molecule has 0 aliphatic heterocycles. The number of carbonyl (C=O) groups is 1. The summed E-state index contributed by atoms with van der Waals surface area (Å²) >= 11 is 0. The lowest BCUT2D eigenvalue weighted by atomic mass is 10.0. The molecule has 1 aromatic heterocycles. The van der Waals surface area contributed by atoms with Crippen molar-refractivity contribution in [1.29, 1.82) is 0 Å². The van der Waals surface area contributed by atoms with Gasteiger partial charge in [-0.25, -0.2) is 18.2 Å². The van der Waals surface area contributed by atoms with Crippen molar-refractivity contribution in [3.05, 3.63) is 52.4 Å². The zero-order chi connectivity index (χ0) is 15.7. The summed E-state index contributed by atoms with van der Waals surface area (Å²) in [5.41, 5.74) is 1.53. The highest BCUT2D eigenvalue weighted by atomic mass is 19.2. The lowest BCUT2D eigenvalue weighted by molar-refractivity contribution is 0.0944. The van der Waals surface area contributed by atoms with Crippen molar-refractivity contribution in [3.8, 4) is 0 Å². The zero-order valence-corrected chi connectivity index (χ0v) is 11.7. The van der Waals surface area contributed by atoms with Gasteiger partial charge < -0.3 is 10.3 Å². The van der Waals surface area contributed by atoms with Gasteiger partial charge in [0.05, 0.1) is 17.8 Å². The molecule has 0 fully saturated rings. The highest BCUT2D eigenvalue weighted by molar-refractivity contribution is 5.94. The van der Waals surface area contributed by atoms with Gasteiger partial charge in [0, 0.05) is 5.69 Å². The molecule has 4 nitrogen and oxygen atoms in total. The topological polar surface area (TPSA) is 57.8 Å². The molecular weight excluding hydrogens is 295 g/mol. The minimum Gasteiger partial charge on any atom is -0.345 e. The van der Waals surface area contributed by atoms with Crippen LogP contribution in [0.4, 0.5) is 13.2 Å². The maximum absolute atomic E-state index is 13.5. The van der Waals surface area contributed by atoms with E-state index < -0.39 is 28.9 Å². The standard InChI is InChI=1S/C15H14F3N3O/c16-9-6-5-8(13(17)14(9)18)15(22)19-7-12-20-10-3-1-2-4-11(10)21-12/h5-6H,1-4,7H2,(H,19,22)(H,20,21). The van der Waals surface area contributed by atoms with E-state index in [1.807, 2.05) is 0 Å². The second-order valence-corrected chi connectivity index (χ2v) is 5.22. The van der Waals surface area contributed by atoms with Crippen molar-refractivity contribution in [1.82, 2.24) is 15.3 Å². The van der Waals surface area contributed by atoms with Crippen LogP contribution in [0.1, 0.15) is 40.4 Å². The first-order valence-electron chi connectivity index (χ1n) is 7.04. The van der Waals surface area contributed by atoms with E-state index >= 15 is 0 Å². The van der Waals surface area contributed by atoms with Gasteiger partial charge >= 0.3 is 0 Å². The SMILES string of the molecule is O=C(NCc1nc2c([nH]1)CCCC2)c1ccc(F)c(F)c1F. The molecule has 3 rings (SSSR count). The molecule has 116 valence electrons. The van der Waals surface area contributed by atoms with Crippen LogP contribution in [-0.2, 0) is 19.4 Å². The molecule has 1 aromatic carbocycles. The Balaban J connectivity index is 1.70. The Morgan fingerprint density at radius 1 is 1.18 bits per heavy atom. The van der Waals surface area contributed by atoms with Gasteiger partial charge in [0.2, 0.25) is 0 Å². The van der Waals surface area contributed by atoms with Gasteiger partial charge in [-0.05, 0) is 37.8 Å². The fourth-order valence-electron chi connectivity index (χ4n) is 2.56. The number of halogens is 3. The number of imidazole rings is 1. The van der Waals surface area contributed by atoms with E-state index in [2.05, 4.69) is 15.3 Å². The van der Waals surface area contributed by atoms with Crippen LogP contribution in [0.25, 0.3) is 0 Å². The number of aryl methyl sites for hydroxylation is 2. The van der Waals surface area contributed by atoms with E-state index in [-0.39, 0.29) is 6.54 Å². The maximum Gasteiger partial charge on any atom is 0.254 e. The van der Waals surface area contributed by atoms with Crippen molar-refractivity contribution in [2.24, 2.45) is 0 Å². The Morgan fingerprint density at radius 2 is 1.95 bits per heavy atom. The smallest absolute Gasteiger partial charge is 0.254 e. The van der Waals surface area contributed by atoms with Crippen molar-refractivity contribution < 1.29 is 18.0 Å². The predicted molar refractivity (Wildman–Crippen MR) is 72.7 cm³/mol. The Bertz CT molecular complexity index is 704. The average molecular weight is 309 g/mol. The first-order chi connectivity index (χ1) is 10.6. The van der Waals surface area contributed by atoms with E-state index in [0.29, 0.717) is 5.82 Å². The fourth-order valence-corrected chi connectivity index (χ4v) is 2.56. The van der Waals surface area contributed by atoms with E-state index in [1.54, 1.807) is 0 Å². The van der Waals surface area contributed by atoms with Gasteiger partial charge in [0.15, 0.2) is 17.5 Å². The molecule has 0 spiro atoms. The van der Waals surface area contributed by atoms with Gasteiger partial charge in [-0.1, -0.05) is 0 Å². The third kappa shape index (κ3) is 2.70. The van der Waals surface area contributed by atoms with Crippen LogP contribution in [0.5, 0.6) is 0 Å². The summed E-state index contributed by atoms with van der Waals surface area (Å²) < 4.78 is 39.5. The Kier molecular flexibility index (Phi) is 3.87. The van der Waals surface area contributed by atoms with Crippen LogP contribution >= 0.6 is 0 Å². The van der Waals surface area contributed by atoms with E-state index in [4.69, 9.17) is 0 Å². The molecule has 0 bridgehead atoms. The Morgan fingerprint density at radius 3 is 2.73 bits per heavy atom. The van der Waals surface area contributed by atoms with Crippen molar-refractivity contribution in [2.45, 2.75) is 32.2 Å². The quantitative estimate of drug-likeness (QED) is 0.856. The molecule has 2 aromatic rings. The number of rotatable bonds is 3. The van der Waals surface area contributed by atoms with Crippen LogP contribution in [0.15, 0.2) is 12.1 Å². The van der Waals surface area contributed by atoms with E-state index in [0.717, 1.165) is 49.2 Å². The lowest BCUT2D eigenvalue weighted by Gasteiger charge is -2.07. The van der Waals surface area contributed by atoms with Crippen LogP contribution < -0.4 is 5.32 Å². The van der Waals surface area contributed by atoms with Gasteiger partial charge in [-0.2, -0.15) is 0 Å². The minimum atomic E-state index is -1.65. The molecule has 1 heterocycles. The molecule has 0 unspecified atom stereocenters. The molecule has 0 saturated carbocycles. The summed E-state index contributed by atoms with van der Waals surface area (Å²) in [6.07, 6.45) is 4.01. The molecule has 1 aliphatic rings. The number of aromatic amines is 1. The number of nitrogens with zero attached hydrogens (tertiary/aromatic N) is 1. The summed E-state index contributed by atoms with van der Waals surface area (Å²) in [5.74, 6) is -4.71. The first kappa shape index (κ1) is 14.6. The number of aromatic nitrogens is 2. The van der Waals surface area contributed by atoms with Crippen LogP contribution in [0, 0.1) is 17.5 Å². The van der Waals surface area contributed by atoms with Crippen LogP contribution in [0.3, 0.4) is 0 Å². The molecule has 0 saturated heterocycles. The van der Waals surface area contributed by atoms with Gasteiger partial charge in [0.1, 0.15) is 5.82 Å². The summed E-state index contributed by atoms with van der Waals surface area (Å²) in [7, 11) is 0. The average Bonchev–Trinajstić information content (AvgIpc) is 2.93. The number of carbonyl (C=O) groups excluding carboxylic acids is 1. The van der Waals surface area contributed by atoms with Gasteiger partial charge in [-0.15, -0.1) is 0 Å². The monoisotopic (exact) mass is 309 g/mol. The molecule has 22 heavy (non-hydrogen) atoms. The molecule has 2 N–H and O–H groups in total. The Hall–Kier alpha value is -2.31. The van der Waals surface area contributed by atoms with E-state index in [9.17, 15) is 18.0 Å². The summed E-state index contributed by atoms with van der Waals surface area (Å²) in [5, 5.41) is 2.45. The van der Waals surface area contributed by atoms with Crippen molar-refractivity contribution >= 4 is 5.91 Å². The molecule has 1 amide bonds. The number of benzene rings is 1. The number of hydrogen-bond donors (Lipinski definition) is 2. The summed E-state index contributed by atoms with van der Waals surface area (Å²) in [4.78, 5) is 19.4. The zero-order valence-electron chi connectivity index (χ0n) is 11.7. The lowest BCUT2D eigenvalue weighted by Crippen LogP contribution is -2.25. The molecular formula is C15H14F3N3O. The number of hydrogen-bond acceptors (Lipinski definition) is 2. The first-order valence-corrected chi connectivity index (χ1v) is 7.04. The second-order valence-electron chi connectivity index (χ2n) is 5.22. The van der Waals surface area contributed by atoms with Crippen LogP contribution in [0.2, 0.25) is 0 Å². The van der Waals surface area contributed by atoms with E-state index in [1.165, 1.54) is 0 Å². The third-order valence-corrected chi connectivity index (χ3v) is 3.70. The second kappa shape index (κ2) is 5.82. The number of fused-ring (bicyclic) bond motifs is 1. The molecule has 7 heteroatoms. The summed E-state index contributed by atoms with van der Waals surface area (Å²) in [6.45, 7) is 0.0737. The third-order valence-electron chi connectivity index (χ3n) is 3.70. The largest absolute Gasteiger partial charge is 0.345 e. The van der Waals surface area contributed by atoms with Crippen LogP contribution in [-0.4, -0.2) is 15.9 Å².